The van der Waals surface area contributed by atoms with Crippen molar-refractivity contribution in [1.82, 2.24) is 0 Å². The van der Waals surface area contributed by atoms with Crippen LogP contribution in [-0.2, 0) is 28.6 Å². The van der Waals surface area contributed by atoms with Crippen LogP contribution in [0.2, 0.25) is 0 Å². The Bertz CT molecular complexity index is 1140. The molecule has 0 aromatic carbocycles. The maximum Gasteiger partial charge on any atom is 0.306 e. The van der Waals surface area contributed by atoms with Crippen LogP contribution < -0.4 is 0 Å². The molecule has 0 rings (SSSR count). The number of hydrogen-bond acceptors (Lipinski definition) is 6. The van der Waals surface area contributed by atoms with Crippen LogP contribution in [-0.4, -0.2) is 37.2 Å². The second kappa shape index (κ2) is 57.2. The van der Waals surface area contributed by atoms with Crippen LogP contribution in [0.5, 0.6) is 0 Å². The van der Waals surface area contributed by atoms with Crippen LogP contribution in [0.1, 0.15) is 323 Å². The zero-order chi connectivity index (χ0) is 49.3. The van der Waals surface area contributed by atoms with Gasteiger partial charge in [-0.3, -0.25) is 14.4 Å². The molecule has 0 amide bonds. The summed E-state index contributed by atoms with van der Waals surface area (Å²) >= 11 is 0. The summed E-state index contributed by atoms with van der Waals surface area (Å²) in [6.07, 6.45) is 68.7. The van der Waals surface area contributed by atoms with Crippen molar-refractivity contribution in [1.29, 1.82) is 0 Å². The number of rotatable bonds is 55. The molecular formula is C62H114O6. The second-order valence-corrected chi connectivity index (χ2v) is 20.3. The molecule has 1 unspecified atom stereocenters. The molecule has 0 aliphatic rings. The highest BCUT2D eigenvalue weighted by molar-refractivity contribution is 5.71. The summed E-state index contributed by atoms with van der Waals surface area (Å²) in [7, 11) is 0. The van der Waals surface area contributed by atoms with Gasteiger partial charge in [-0.05, 0) is 70.6 Å². The predicted octanol–water partition coefficient (Wildman–Crippen LogP) is 20.0. The first kappa shape index (κ1) is 65.6. The van der Waals surface area contributed by atoms with Gasteiger partial charge in [-0.2, -0.15) is 0 Å². The molecule has 0 spiro atoms. The summed E-state index contributed by atoms with van der Waals surface area (Å²) in [6.45, 7) is 6.58. The summed E-state index contributed by atoms with van der Waals surface area (Å²) in [4.78, 5) is 38.1. The van der Waals surface area contributed by atoms with Crippen LogP contribution in [0.4, 0.5) is 0 Å². The maximum atomic E-state index is 12.8. The first-order valence-corrected chi connectivity index (χ1v) is 30.0. The van der Waals surface area contributed by atoms with Gasteiger partial charge < -0.3 is 14.2 Å². The van der Waals surface area contributed by atoms with Crippen molar-refractivity contribution in [3.05, 3.63) is 36.5 Å². The Kier molecular flexibility index (Phi) is 55.2. The van der Waals surface area contributed by atoms with Crippen molar-refractivity contribution in [2.24, 2.45) is 0 Å². The Hall–Kier alpha value is -2.37. The van der Waals surface area contributed by atoms with E-state index in [1.807, 2.05) is 0 Å². The fourth-order valence-electron chi connectivity index (χ4n) is 8.83. The molecule has 0 radical (unpaired) electrons. The SMILES string of the molecule is CCC/C=C\C/C=C\CCCCCCCC(=O)OC(COC(=O)CCCCCCC/C=C\CCCCCC)COC(=O)CCCCCCCCCCCCCCCCCCCCCCCCCC. The molecule has 0 saturated heterocycles. The zero-order valence-corrected chi connectivity index (χ0v) is 45.6. The highest BCUT2D eigenvalue weighted by Crippen LogP contribution is 2.17. The summed E-state index contributed by atoms with van der Waals surface area (Å²) in [5, 5.41) is 0. The van der Waals surface area contributed by atoms with Crippen LogP contribution in [0.15, 0.2) is 36.5 Å². The van der Waals surface area contributed by atoms with E-state index in [-0.39, 0.29) is 31.1 Å². The Balaban J connectivity index is 4.22. The van der Waals surface area contributed by atoms with Gasteiger partial charge in [0.05, 0.1) is 0 Å². The predicted molar refractivity (Wildman–Crippen MR) is 293 cm³/mol. The lowest BCUT2D eigenvalue weighted by molar-refractivity contribution is -0.167. The lowest BCUT2D eigenvalue weighted by Gasteiger charge is -2.18. The lowest BCUT2D eigenvalue weighted by Crippen LogP contribution is -2.30. The molecule has 0 aliphatic heterocycles. The second-order valence-electron chi connectivity index (χ2n) is 20.3. The number of carbonyl (C=O) groups is 3. The van der Waals surface area contributed by atoms with Gasteiger partial charge >= 0.3 is 17.9 Å². The first-order chi connectivity index (χ1) is 33.5. The third kappa shape index (κ3) is 54.6. The van der Waals surface area contributed by atoms with Crippen molar-refractivity contribution in [3.63, 3.8) is 0 Å². The van der Waals surface area contributed by atoms with E-state index in [0.29, 0.717) is 19.3 Å². The molecule has 0 bridgehead atoms. The van der Waals surface area contributed by atoms with E-state index < -0.39 is 6.10 Å². The number of esters is 3. The molecule has 398 valence electrons. The smallest absolute Gasteiger partial charge is 0.306 e. The van der Waals surface area contributed by atoms with Crippen molar-refractivity contribution < 1.29 is 28.6 Å². The van der Waals surface area contributed by atoms with Crippen LogP contribution in [0, 0.1) is 0 Å². The normalized spacial score (nSPS) is 12.2. The Morgan fingerprint density at radius 1 is 0.294 bits per heavy atom. The molecule has 0 heterocycles. The molecule has 0 N–H and O–H groups in total. The maximum absolute atomic E-state index is 12.8. The molecule has 1 atom stereocenters. The van der Waals surface area contributed by atoms with E-state index in [9.17, 15) is 14.4 Å². The summed E-state index contributed by atoms with van der Waals surface area (Å²) < 4.78 is 16.9. The van der Waals surface area contributed by atoms with Crippen molar-refractivity contribution in [3.8, 4) is 0 Å². The average Bonchev–Trinajstić information content (AvgIpc) is 3.34. The monoisotopic (exact) mass is 955 g/mol. The van der Waals surface area contributed by atoms with Crippen molar-refractivity contribution >= 4 is 17.9 Å². The highest BCUT2D eigenvalue weighted by atomic mass is 16.6. The Morgan fingerprint density at radius 3 is 0.897 bits per heavy atom. The molecule has 68 heavy (non-hydrogen) atoms. The van der Waals surface area contributed by atoms with E-state index in [2.05, 4.69) is 57.2 Å². The van der Waals surface area contributed by atoms with E-state index in [0.717, 1.165) is 96.3 Å². The fourth-order valence-corrected chi connectivity index (χ4v) is 8.83. The molecule has 0 aliphatic carbocycles. The molecule has 6 heteroatoms. The highest BCUT2D eigenvalue weighted by Gasteiger charge is 2.19. The third-order valence-electron chi connectivity index (χ3n) is 13.3. The summed E-state index contributed by atoms with van der Waals surface area (Å²) in [6, 6.07) is 0. The molecular weight excluding hydrogens is 841 g/mol. The van der Waals surface area contributed by atoms with Gasteiger partial charge in [-0.25, -0.2) is 0 Å². The first-order valence-electron chi connectivity index (χ1n) is 30.0. The van der Waals surface area contributed by atoms with Crippen LogP contribution in [0.3, 0.4) is 0 Å². The third-order valence-corrected chi connectivity index (χ3v) is 13.3. The lowest BCUT2D eigenvalue weighted by atomic mass is 10.0. The Labute approximate surface area is 423 Å². The van der Waals surface area contributed by atoms with Gasteiger partial charge in [-0.1, -0.05) is 269 Å². The van der Waals surface area contributed by atoms with Crippen molar-refractivity contribution in [2.45, 2.75) is 329 Å². The molecule has 6 nitrogen and oxygen atoms in total. The summed E-state index contributed by atoms with van der Waals surface area (Å²) in [5.74, 6) is -0.884. The van der Waals surface area contributed by atoms with Gasteiger partial charge in [0.15, 0.2) is 6.10 Å². The Morgan fingerprint density at radius 2 is 0.559 bits per heavy atom. The van der Waals surface area contributed by atoms with E-state index in [1.54, 1.807) is 0 Å². The largest absolute Gasteiger partial charge is 0.462 e. The van der Waals surface area contributed by atoms with Gasteiger partial charge in [0.1, 0.15) is 13.2 Å². The minimum Gasteiger partial charge on any atom is -0.462 e. The quantitative estimate of drug-likeness (QED) is 0.0262. The average molecular weight is 956 g/mol. The van der Waals surface area contributed by atoms with Crippen LogP contribution >= 0.6 is 0 Å². The molecule has 0 aromatic heterocycles. The number of ether oxygens (including phenoxy) is 3. The fraction of sp³-hybridized carbons (Fsp3) is 0.855. The van der Waals surface area contributed by atoms with Gasteiger partial charge in [0.2, 0.25) is 0 Å². The number of hydrogen-bond donors (Lipinski definition) is 0. The van der Waals surface area contributed by atoms with E-state index in [4.69, 9.17) is 14.2 Å². The minimum atomic E-state index is -0.780. The van der Waals surface area contributed by atoms with Gasteiger partial charge in [-0.15, -0.1) is 0 Å². The number of unbranched alkanes of at least 4 members (excludes halogenated alkanes) is 38. The minimum absolute atomic E-state index is 0.0770. The van der Waals surface area contributed by atoms with Gasteiger partial charge in [0.25, 0.3) is 0 Å². The van der Waals surface area contributed by atoms with E-state index >= 15 is 0 Å². The molecule has 0 saturated carbocycles. The standard InChI is InChI=1S/C62H114O6/c1-4-7-10-13-16-19-22-25-26-27-28-29-30-31-32-33-34-35-38-40-43-46-49-52-55-61(64)67-58-59(68-62(65)56-53-50-47-44-41-37-24-21-18-15-12-9-6-3)57-66-60(63)54-51-48-45-42-39-36-23-20-17-14-11-8-5-2/h12,15,20-21,23-24,59H,4-11,13-14,16-19,22,25-58H2,1-3H3/b15-12-,23-20-,24-21-. The molecule has 0 aromatic rings. The van der Waals surface area contributed by atoms with Gasteiger partial charge in [0, 0.05) is 19.3 Å². The number of carbonyl (C=O) groups excluding carboxylic acids is 3. The summed E-state index contributed by atoms with van der Waals surface area (Å²) in [5.41, 5.74) is 0. The number of allylic oxidation sites excluding steroid dienone is 6. The topological polar surface area (TPSA) is 78.9 Å². The molecule has 0 fully saturated rings. The van der Waals surface area contributed by atoms with Crippen LogP contribution in [0.25, 0.3) is 0 Å². The zero-order valence-electron chi connectivity index (χ0n) is 45.6. The van der Waals surface area contributed by atoms with Crippen molar-refractivity contribution in [2.75, 3.05) is 13.2 Å². The van der Waals surface area contributed by atoms with E-state index in [1.165, 1.54) is 186 Å².